The fourth-order valence-corrected chi connectivity index (χ4v) is 5.07. The van der Waals surface area contributed by atoms with Crippen LogP contribution in [0, 0.1) is 5.92 Å². The van der Waals surface area contributed by atoms with E-state index in [9.17, 15) is 13.2 Å². The molecule has 156 valence electrons. The molecule has 2 aromatic rings. The van der Waals surface area contributed by atoms with Gasteiger partial charge in [-0.15, -0.1) is 0 Å². The van der Waals surface area contributed by atoms with Crippen molar-refractivity contribution in [1.82, 2.24) is 5.23 Å². The predicted octanol–water partition coefficient (Wildman–Crippen LogP) is 2.27. The summed E-state index contributed by atoms with van der Waals surface area (Å²) in [4.78, 5) is 12.0. The molecule has 2 aromatic carbocycles. The molecule has 10 heteroatoms. The third-order valence-electron chi connectivity index (χ3n) is 4.65. The molecule has 1 heterocycles. The van der Waals surface area contributed by atoms with Crippen molar-refractivity contribution in [3.05, 3.63) is 48.5 Å². The van der Waals surface area contributed by atoms with Crippen molar-refractivity contribution in [2.45, 2.75) is 16.6 Å². The van der Waals surface area contributed by atoms with Crippen molar-refractivity contribution < 1.29 is 37.8 Å². The van der Waals surface area contributed by atoms with Crippen LogP contribution in [0.4, 0.5) is 0 Å². The van der Waals surface area contributed by atoms with E-state index in [4.69, 9.17) is 24.6 Å². The van der Waals surface area contributed by atoms with E-state index in [0.717, 1.165) is 0 Å². The largest absolute Gasteiger partial charge is 0.493 e. The van der Waals surface area contributed by atoms with Gasteiger partial charge in [-0.05, 0) is 42.8 Å². The Hall–Kier alpha value is -2.66. The van der Waals surface area contributed by atoms with E-state index in [1.807, 2.05) is 0 Å². The minimum Gasteiger partial charge on any atom is -0.493 e. The Labute approximate surface area is 167 Å². The zero-order valence-corrected chi connectivity index (χ0v) is 16.4. The smallest absolute Gasteiger partial charge is 0.279 e. The van der Waals surface area contributed by atoms with Crippen molar-refractivity contribution in [2.24, 2.45) is 5.92 Å². The Morgan fingerprint density at radius 3 is 2.38 bits per heavy atom. The van der Waals surface area contributed by atoms with Crippen LogP contribution in [0.1, 0.15) is 6.42 Å². The maximum atomic E-state index is 13.0. The van der Waals surface area contributed by atoms with Gasteiger partial charge in [0.2, 0.25) is 0 Å². The molecular formula is C19H21NO8S. The predicted molar refractivity (Wildman–Crippen MR) is 99.8 cm³/mol. The maximum Gasteiger partial charge on any atom is 0.279 e. The molecule has 2 N–H and O–H groups in total. The number of para-hydroxylation sites is 2. The molecule has 0 aliphatic carbocycles. The molecule has 0 aromatic heterocycles. The molecule has 1 saturated heterocycles. The number of rotatable bonds is 6. The number of hydrogen-bond acceptors (Lipinski definition) is 8. The SMILES string of the molecule is COc1ccccc1Oc1ccc(S(=O)(=O)C2CCOCC2C(=O)N(O)O)cc1. The Balaban J connectivity index is 1.83. The fraction of sp³-hybridized carbons (Fsp3) is 0.316. The highest BCUT2D eigenvalue weighted by Gasteiger charge is 2.42. The number of hydrogen-bond donors (Lipinski definition) is 2. The van der Waals surface area contributed by atoms with E-state index in [-0.39, 0.29) is 24.5 Å². The third kappa shape index (κ3) is 4.51. The van der Waals surface area contributed by atoms with Crippen LogP contribution in [0.5, 0.6) is 17.2 Å². The normalized spacial score (nSPS) is 19.4. The van der Waals surface area contributed by atoms with Crippen molar-refractivity contribution in [3.63, 3.8) is 0 Å². The molecule has 2 unspecified atom stereocenters. The van der Waals surface area contributed by atoms with E-state index in [1.54, 1.807) is 24.3 Å². The third-order valence-corrected chi connectivity index (χ3v) is 6.95. The number of benzene rings is 2. The lowest BCUT2D eigenvalue weighted by Gasteiger charge is -2.30. The van der Waals surface area contributed by atoms with Gasteiger partial charge in [0, 0.05) is 6.61 Å². The number of nitrogens with zero attached hydrogens (tertiary/aromatic N) is 1. The summed E-state index contributed by atoms with van der Waals surface area (Å²) >= 11 is 0. The Morgan fingerprint density at radius 2 is 1.76 bits per heavy atom. The Kier molecular flexibility index (Phi) is 6.38. The van der Waals surface area contributed by atoms with Gasteiger partial charge in [-0.25, -0.2) is 8.42 Å². The topological polar surface area (TPSA) is 123 Å². The lowest BCUT2D eigenvalue weighted by atomic mass is 10.0. The molecular weight excluding hydrogens is 402 g/mol. The van der Waals surface area contributed by atoms with Gasteiger partial charge in [0.05, 0.1) is 29.8 Å². The fourth-order valence-electron chi connectivity index (χ4n) is 3.17. The minimum atomic E-state index is -3.92. The second-order valence-electron chi connectivity index (χ2n) is 6.41. The van der Waals surface area contributed by atoms with Crippen LogP contribution < -0.4 is 9.47 Å². The molecule has 9 nitrogen and oxygen atoms in total. The van der Waals surface area contributed by atoms with Gasteiger partial charge >= 0.3 is 0 Å². The van der Waals surface area contributed by atoms with Gasteiger partial charge in [0.25, 0.3) is 5.91 Å². The number of carbonyl (C=O) groups excluding carboxylic acids is 1. The van der Waals surface area contributed by atoms with Crippen LogP contribution in [-0.4, -0.2) is 55.5 Å². The van der Waals surface area contributed by atoms with Gasteiger partial charge < -0.3 is 14.2 Å². The van der Waals surface area contributed by atoms with E-state index in [0.29, 0.717) is 17.2 Å². The molecule has 1 aliphatic rings. The highest BCUT2D eigenvalue weighted by Crippen LogP contribution is 2.33. The summed E-state index contributed by atoms with van der Waals surface area (Å²) in [6.07, 6.45) is 0.0616. The second kappa shape index (κ2) is 8.78. The van der Waals surface area contributed by atoms with Crippen LogP contribution in [0.15, 0.2) is 53.4 Å². The van der Waals surface area contributed by atoms with E-state index >= 15 is 0 Å². The molecule has 0 radical (unpaired) electrons. The molecule has 0 saturated carbocycles. The summed E-state index contributed by atoms with van der Waals surface area (Å²) in [6.45, 7) is -0.0606. The van der Waals surface area contributed by atoms with Gasteiger partial charge in [0.15, 0.2) is 21.3 Å². The number of methoxy groups -OCH3 is 1. The first-order valence-corrected chi connectivity index (χ1v) is 10.3. The van der Waals surface area contributed by atoms with Crippen LogP contribution >= 0.6 is 0 Å². The first kappa shape index (κ1) is 21.1. The van der Waals surface area contributed by atoms with Gasteiger partial charge in [-0.1, -0.05) is 17.4 Å². The summed E-state index contributed by atoms with van der Waals surface area (Å²) in [7, 11) is -2.40. The molecule has 1 amide bonds. The van der Waals surface area contributed by atoms with Crippen LogP contribution in [-0.2, 0) is 19.4 Å². The van der Waals surface area contributed by atoms with E-state index < -0.39 is 32.1 Å². The van der Waals surface area contributed by atoms with Crippen LogP contribution in [0.25, 0.3) is 0 Å². The minimum absolute atomic E-state index is 0.00277. The number of hydroxylamine groups is 2. The average Bonchev–Trinajstić information content (AvgIpc) is 2.74. The zero-order chi connectivity index (χ0) is 21.0. The molecule has 29 heavy (non-hydrogen) atoms. The number of sulfone groups is 1. The summed E-state index contributed by atoms with van der Waals surface area (Å²) in [6, 6.07) is 12.8. The average molecular weight is 423 g/mol. The van der Waals surface area contributed by atoms with E-state index in [2.05, 4.69) is 0 Å². The quantitative estimate of drug-likeness (QED) is 0.536. The molecule has 3 rings (SSSR count). The van der Waals surface area contributed by atoms with Crippen molar-refractivity contribution in [3.8, 4) is 17.2 Å². The van der Waals surface area contributed by atoms with Crippen molar-refractivity contribution in [1.29, 1.82) is 0 Å². The monoisotopic (exact) mass is 423 g/mol. The second-order valence-corrected chi connectivity index (χ2v) is 8.57. The number of carbonyl (C=O) groups is 1. The zero-order valence-electron chi connectivity index (χ0n) is 15.6. The lowest BCUT2D eigenvalue weighted by molar-refractivity contribution is -0.289. The molecule has 2 atom stereocenters. The maximum absolute atomic E-state index is 13.0. The Morgan fingerprint density at radius 1 is 1.10 bits per heavy atom. The van der Waals surface area contributed by atoms with E-state index in [1.165, 1.54) is 31.4 Å². The lowest BCUT2D eigenvalue weighted by Crippen LogP contribution is -2.46. The summed E-state index contributed by atoms with van der Waals surface area (Å²) < 4.78 is 42.2. The summed E-state index contributed by atoms with van der Waals surface area (Å²) in [5.41, 5.74) is 0. The van der Waals surface area contributed by atoms with Gasteiger partial charge in [-0.3, -0.25) is 15.2 Å². The van der Waals surface area contributed by atoms with Gasteiger partial charge in [-0.2, -0.15) is 0 Å². The standard InChI is InChI=1S/C19H21NO8S/c1-26-16-4-2-3-5-17(16)28-13-6-8-14(9-7-13)29(24,25)18-10-11-27-12-15(18)19(21)20(22)23/h2-9,15,18,22-23H,10-12H2,1H3. The summed E-state index contributed by atoms with van der Waals surface area (Å²) in [5, 5.41) is 16.3. The molecule has 0 spiro atoms. The number of ether oxygens (including phenoxy) is 3. The first-order valence-electron chi connectivity index (χ1n) is 8.79. The molecule has 1 aliphatic heterocycles. The highest BCUT2D eigenvalue weighted by atomic mass is 32.2. The number of amides is 1. The first-order chi connectivity index (χ1) is 13.8. The van der Waals surface area contributed by atoms with Crippen molar-refractivity contribution >= 4 is 15.7 Å². The summed E-state index contributed by atoms with van der Waals surface area (Å²) in [5.74, 6) is -0.926. The van der Waals surface area contributed by atoms with Gasteiger partial charge in [0.1, 0.15) is 5.75 Å². The van der Waals surface area contributed by atoms with Crippen LogP contribution in [0.3, 0.4) is 0 Å². The van der Waals surface area contributed by atoms with Crippen LogP contribution in [0.2, 0.25) is 0 Å². The Bertz CT molecular complexity index is 958. The molecule has 0 bridgehead atoms. The van der Waals surface area contributed by atoms with Crippen molar-refractivity contribution in [2.75, 3.05) is 20.3 Å². The molecule has 1 fully saturated rings. The highest BCUT2D eigenvalue weighted by molar-refractivity contribution is 7.92.